The lowest BCUT2D eigenvalue weighted by molar-refractivity contribution is 0.0684. The van der Waals surface area contributed by atoms with Crippen molar-refractivity contribution in [1.82, 2.24) is 9.88 Å². The van der Waals surface area contributed by atoms with Gasteiger partial charge in [0.1, 0.15) is 18.1 Å². The third-order valence-corrected chi connectivity index (χ3v) is 5.53. The molecule has 6 heteroatoms. The van der Waals surface area contributed by atoms with Crippen molar-refractivity contribution < 1.29 is 14.2 Å². The Hall–Kier alpha value is -2.96. The molecule has 0 unspecified atom stereocenters. The molecule has 1 saturated heterocycles. The van der Waals surface area contributed by atoms with Gasteiger partial charge < -0.3 is 19.1 Å². The molecule has 160 valence electrons. The Morgan fingerprint density at radius 1 is 1.03 bits per heavy atom. The predicted octanol–water partition coefficient (Wildman–Crippen LogP) is 4.96. The molecule has 0 atom stereocenters. The van der Waals surface area contributed by atoms with Gasteiger partial charge in [0.2, 0.25) is 5.88 Å². The first-order valence-corrected chi connectivity index (χ1v) is 10.8. The predicted molar refractivity (Wildman–Crippen MR) is 125 cm³/mol. The van der Waals surface area contributed by atoms with E-state index >= 15 is 0 Å². The van der Waals surface area contributed by atoms with Crippen molar-refractivity contribution in [3.63, 3.8) is 0 Å². The van der Waals surface area contributed by atoms with Gasteiger partial charge in [0.25, 0.3) is 0 Å². The summed E-state index contributed by atoms with van der Waals surface area (Å²) in [6.45, 7) is 5.73. The van der Waals surface area contributed by atoms with Gasteiger partial charge in [-0.1, -0.05) is 48.6 Å². The maximum Gasteiger partial charge on any atom is 0.219 e. The summed E-state index contributed by atoms with van der Waals surface area (Å²) in [6, 6.07) is 19.8. The summed E-state index contributed by atoms with van der Waals surface area (Å²) in [6.07, 6.45) is 2.53. The monoisotopic (exact) mass is 434 g/mol. The fourth-order valence-electron chi connectivity index (χ4n) is 3.35. The standard InChI is InChI=1S/C25H26N2O3S/c1-19-15-22(29-18-20-5-3-2-4-6-20)8-9-23(19)30-24-10-7-21(17-26-24)16-25(31)27-11-13-28-14-12-27/h2-10,15,17H,11-14,16,18H2,1H3. The number of thiocarbonyl (C=S) groups is 1. The molecular formula is C25H26N2O3S. The van der Waals surface area contributed by atoms with Crippen LogP contribution < -0.4 is 9.47 Å². The minimum atomic E-state index is 0.538. The van der Waals surface area contributed by atoms with Gasteiger partial charge in [0, 0.05) is 31.8 Å². The Morgan fingerprint density at radius 3 is 2.55 bits per heavy atom. The van der Waals surface area contributed by atoms with Gasteiger partial charge in [-0.2, -0.15) is 0 Å². The number of morpholine rings is 1. The number of ether oxygens (including phenoxy) is 3. The van der Waals surface area contributed by atoms with Crippen molar-refractivity contribution in [2.24, 2.45) is 0 Å². The topological polar surface area (TPSA) is 43.8 Å². The normalized spacial score (nSPS) is 13.6. The van der Waals surface area contributed by atoms with Crippen LogP contribution in [0.3, 0.4) is 0 Å². The summed E-state index contributed by atoms with van der Waals surface area (Å²) in [4.78, 5) is 7.59. The van der Waals surface area contributed by atoms with Crippen LogP contribution in [0, 0.1) is 6.92 Å². The number of rotatable bonds is 7. The van der Waals surface area contributed by atoms with Crippen LogP contribution in [0.5, 0.6) is 17.4 Å². The van der Waals surface area contributed by atoms with Crippen molar-refractivity contribution in [3.8, 4) is 17.4 Å². The van der Waals surface area contributed by atoms with Gasteiger partial charge in [0.05, 0.1) is 18.2 Å². The van der Waals surface area contributed by atoms with E-state index in [9.17, 15) is 0 Å². The third-order valence-electron chi connectivity index (χ3n) is 5.13. The molecule has 1 aromatic heterocycles. The highest BCUT2D eigenvalue weighted by Crippen LogP contribution is 2.28. The van der Waals surface area contributed by atoms with Gasteiger partial charge in [-0.05, 0) is 41.8 Å². The number of pyridine rings is 1. The molecule has 31 heavy (non-hydrogen) atoms. The molecular weight excluding hydrogens is 408 g/mol. The Bertz CT molecular complexity index is 1000. The summed E-state index contributed by atoms with van der Waals surface area (Å²) in [5.41, 5.74) is 3.20. The van der Waals surface area contributed by atoms with Crippen LogP contribution in [0.2, 0.25) is 0 Å². The van der Waals surface area contributed by atoms with Crippen molar-refractivity contribution in [1.29, 1.82) is 0 Å². The zero-order valence-corrected chi connectivity index (χ0v) is 18.4. The van der Waals surface area contributed by atoms with Gasteiger partial charge in [-0.3, -0.25) is 0 Å². The molecule has 2 aromatic carbocycles. The zero-order valence-electron chi connectivity index (χ0n) is 17.6. The minimum Gasteiger partial charge on any atom is -0.489 e. The van der Waals surface area contributed by atoms with E-state index in [1.165, 1.54) is 0 Å². The summed E-state index contributed by atoms with van der Waals surface area (Å²) in [5.74, 6) is 2.13. The molecule has 2 heterocycles. The van der Waals surface area contributed by atoms with Gasteiger partial charge >= 0.3 is 0 Å². The van der Waals surface area contributed by atoms with Crippen LogP contribution in [-0.4, -0.2) is 41.2 Å². The molecule has 1 fully saturated rings. The highest BCUT2D eigenvalue weighted by Gasteiger charge is 2.14. The lowest BCUT2D eigenvalue weighted by atomic mass is 10.2. The van der Waals surface area contributed by atoms with E-state index in [0.29, 0.717) is 18.9 Å². The van der Waals surface area contributed by atoms with Crippen LogP contribution in [-0.2, 0) is 17.8 Å². The first-order valence-electron chi connectivity index (χ1n) is 10.4. The molecule has 4 rings (SSSR count). The second-order valence-electron chi connectivity index (χ2n) is 7.48. The average molecular weight is 435 g/mol. The molecule has 0 bridgehead atoms. The van der Waals surface area contributed by atoms with Crippen LogP contribution in [0.1, 0.15) is 16.7 Å². The van der Waals surface area contributed by atoms with E-state index in [1.807, 2.05) is 73.8 Å². The largest absolute Gasteiger partial charge is 0.489 e. The average Bonchev–Trinajstić information content (AvgIpc) is 2.82. The van der Waals surface area contributed by atoms with Crippen molar-refractivity contribution in [2.45, 2.75) is 20.0 Å². The summed E-state index contributed by atoms with van der Waals surface area (Å²) in [5, 5.41) is 0. The van der Waals surface area contributed by atoms with E-state index in [-0.39, 0.29) is 0 Å². The van der Waals surface area contributed by atoms with Gasteiger partial charge in [-0.25, -0.2) is 4.98 Å². The highest BCUT2D eigenvalue weighted by molar-refractivity contribution is 7.80. The van der Waals surface area contributed by atoms with Crippen molar-refractivity contribution >= 4 is 17.2 Å². The SMILES string of the molecule is Cc1cc(OCc2ccccc2)ccc1Oc1ccc(CC(=S)N2CCOCC2)cn1. The van der Waals surface area contributed by atoms with E-state index in [4.69, 9.17) is 26.4 Å². The highest BCUT2D eigenvalue weighted by atomic mass is 32.1. The van der Waals surface area contributed by atoms with Crippen LogP contribution in [0.4, 0.5) is 0 Å². The van der Waals surface area contributed by atoms with Crippen LogP contribution in [0.15, 0.2) is 66.9 Å². The smallest absolute Gasteiger partial charge is 0.219 e. The number of nitrogens with zero attached hydrogens (tertiary/aromatic N) is 2. The molecule has 0 radical (unpaired) electrons. The quantitative estimate of drug-likeness (QED) is 0.490. The fraction of sp³-hybridized carbons (Fsp3) is 0.280. The lowest BCUT2D eigenvalue weighted by Gasteiger charge is -2.29. The maximum atomic E-state index is 5.98. The van der Waals surface area contributed by atoms with Crippen LogP contribution >= 0.6 is 12.2 Å². The molecule has 1 aliphatic heterocycles. The van der Waals surface area contributed by atoms with Crippen molar-refractivity contribution in [3.05, 3.63) is 83.6 Å². The summed E-state index contributed by atoms with van der Waals surface area (Å²) < 4.78 is 17.2. The number of aromatic nitrogens is 1. The molecule has 5 nitrogen and oxygen atoms in total. The molecule has 0 N–H and O–H groups in total. The van der Waals surface area contributed by atoms with Crippen LogP contribution in [0.25, 0.3) is 0 Å². The molecule has 0 spiro atoms. The van der Waals surface area contributed by atoms with E-state index < -0.39 is 0 Å². The molecule has 0 saturated carbocycles. The van der Waals surface area contributed by atoms with E-state index in [1.54, 1.807) is 0 Å². The Kier molecular flexibility index (Phi) is 7.12. The Morgan fingerprint density at radius 2 is 1.84 bits per heavy atom. The fourth-order valence-corrected chi connectivity index (χ4v) is 3.70. The zero-order chi connectivity index (χ0) is 21.5. The third kappa shape index (κ3) is 6.03. The maximum absolute atomic E-state index is 5.98. The number of aryl methyl sites for hydroxylation is 1. The van der Waals surface area contributed by atoms with E-state index in [2.05, 4.69) is 9.88 Å². The Balaban J connectivity index is 1.32. The first kappa shape index (κ1) is 21.3. The summed E-state index contributed by atoms with van der Waals surface area (Å²) >= 11 is 5.58. The molecule has 0 aliphatic carbocycles. The van der Waals surface area contributed by atoms with Gasteiger partial charge in [-0.15, -0.1) is 0 Å². The summed E-state index contributed by atoms with van der Waals surface area (Å²) in [7, 11) is 0. The molecule has 0 amide bonds. The minimum absolute atomic E-state index is 0.538. The van der Waals surface area contributed by atoms with Crippen molar-refractivity contribution in [2.75, 3.05) is 26.3 Å². The lowest BCUT2D eigenvalue weighted by Crippen LogP contribution is -2.40. The Labute approximate surface area is 188 Å². The van der Waals surface area contributed by atoms with E-state index in [0.717, 1.165) is 59.5 Å². The second kappa shape index (κ2) is 10.4. The second-order valence-corrected chi connectivity index (χ2v) is 7.95. The van der Waals surface area contributed by atoms with Gasteiger partial charge in [0.15, 0.2) is 0 Å². The number of hydrogen-bond acceptors (Lipinski definition) is 5. The number of benzene rings is 2. The molecule has 1 aliphatic rings. The first-order chi connectivity index (χ1) is 15.2. The number of hydrogen-bond donors (Lipinski definition) is 0. The molecule has 3 aromatic rings.